The summed E-state index contributed by atoms with van der Waals surface area (Å²) in [5, 5.41) is 0. The molecule has 0 spiro atoms. The Bertz CT molecular complexity index is 62.2. The number of hydrogen-bond acceptors (Lipinski definition) is 1. The Morgan fingerprint density at radius 1 is 1.12 bits per heavy atom. The van der Waals surface area contributed by atoms with E-state index in [0.717, 1.165) is 0 Å². The monoisotopic (exact) mass is 210 g/mol. The predicted molar refractivity (Wildman–Crippen MR) is 21.4 cm³/mol. The summed E-state index contributed by atoms with van der Waals surface area (Å²) in [5.74, 6) is 0. The van der Waals surface area contributed by atoms with Gasteiger partial charge in [0.05, 0.1) is 0 Å². The molecule has 0 aromatic carbocycles. The molecule has 4 nitrogen and oxygen atoms in total. The molecule has 8 heteroatoms. The molecule has 0 saturated carbocycles. The van der Waals surface area contributed by atoms with Gasteiger partial charge in [0, 0.05) is 38.8 Å². The maximum absolute atomic E-state index is 8.88. The molecule has 0 rings (SSSR count). The summed E-state index contributed by atoms with van der Waals surface area (Å²) in [6.07, 6.45) is 0. The SMILES string of the molecule is O=P(O)(O)O.[Fe].[LiH].[Ti]. The summed E-state index contributed by atoms with van der Waals surface area (Å²) < 4.78 is 8.88. The van der Waals surface area contributed by atoms with Gasteiger partial charge in [-0.15, -0.1) is 0 Å². The van der Waals surface area contributed by atoms with Gasteiger partial charge in [-0.1, -0.05) is 0 Å². The molecule has 0 aliphatic rings. The third-order valence-electron chi connectivity index (χ3n) is 0. The van der Waals surface area contributed by atoms with Gasteiger partial charge in [-0.25, -0.2) is 4.57 Å². The van der Waals surface area contributed by atoms with Gasteiger partial charge in [-0.05, 0) is 0 Å². The molecule has 0 atom stereocenters. The van der Waals surface area contributed by atoms with E-state index in [9.17, 15) is 0 Å². The minimum Gasteiger partial charge on any atom is 0 e. The van der Waals surface area contributed by atoms with E-state index < -0.39 is 7.82 Å². The van der Waals surface area contributed by atoms with Crippen molar-refractivity contribution in [2.24, 2.45) is 0 Å². The predicted octanol–water partition coefficient (Wildman–Crippen LogP) is -1.58. The van der Waals surface area contributed by atoms with Gasteiger partial charge in [-0.3, -0.25) is 0 Å². The fraction of sp³-hybridized carbons (Fsp3) is 0. The summed E-state index contributed by atoms with van der Waals surface area (Å²) >= 11 is 0. The smallest absolute Gasteiger partial charge is 0 e. The van der Waals surface area contributed by atoms with Crippen LogP contribution in [0.5, 0.6) is 0 Å². The first kappa shape index (κ1) is 22.5. The van der Waals surface area contributed by atoms with Crippen molar-refractivity contribution in [1.82, 2.24) is 0 Å². The molecule has 0 aliphatic heterocycles. The van der Waals surface area contributed by atoms with E-state index in [-0.39, 0.29) is 57.6 Å². The van der Waals surface area contributed by atoms with Crippen molar-refractivity contribution < 1.29 is 58.0 Å². The van der Waals surface area contributed by atoms with Crippen molar-refractivity contribution in [2.75, 3.05) is 0 Å². The molecule has 0 saturated heterocycles. The molecule has 0 aromatic heterocycles. The summed E-state index contributed by atoms with van der Waals surface area (Å²) in [6, 6.07) is 0. The number of hydrogen-bond donors (Lipinski definition) is 3. The molecule has 0 fully saturated rings. The third-order valence-corrected chi connectivity index (χ3v) is 0. The Balaban J connectivity index is -0.0000000267. The third kappa shape index (κ3) is 102. The topological polar surface area (TPSA) is 77.8 Å². The zero-order valence-corrected chi connectivity index (χ0v) is 6.61. The summed E-state index contributed by atoms with van der Waals surface area (Å²) in [4.78, 5) is 21.6. The molecular weight excluding hydrogens is 206 g/mol. The molecule has 0 bridgehead atoms. The van der Waals surface area contributed by atoms with Crippen LogP contribution in [-0.2, 0) is 43.4 Å². The molecule has 0 radical (unpaired) electrons. The van der Waals surface area contributed by atoms with Crippen LogP contribution in [0.4, 0.5) is 0 Å². The second kappa shape index (κ2) is 8.94. The summed E-state index contributed by atoms with van der Waals surface area (Å²) in [7, 11) is -4.64. The normalized spacial score (nSPS) is 7.38. The van der Waals surface area contributed by atoms with Gasteiger partial charge in [0.15, 0.2) is 0 Å². The average molecular weight is 210 g/mol. The van der Waals surface area contributed by atoms with Crippen molar-refractivity contribution in [3.8, 4) is 0 Å². The van der Waals surface area contributed by atoms with Crippen LogP contribution in [-0.4, -0.2) is 33.5 Å². The number of phosphoric acid groups is 1. The standard InChI is InChI=1S/Fe.Li.H3O4P.Ti.H/c;;1-5(2,3)4;;/h;;(H3,1,2,3,4);;. The van der Waals surface area contributed by atoms with Crippen LogP contribution in [0.1, 0.15) is 0 Å². The largest absolute Gasteiger partial charge is 0 e. The summed E-state index contributed by atoms with van der Waals surface area (Å²) in [6.45, 7) is 0. The summed E-state index contributed by atoms with van der Waals surface area (Å²) in [5.41, 5.74) is 0. The van der Waals surface area contributed by atoms with Gasteiger partial charge in [0.25, 0.3) is 0 Å². The average Bonchev–Trinajstić information content (AvgIpc) is 0.722. The Morgan fingerprint density at radius 2 is 1.12 bits per heavy atom. The second-order valence-corrected chi connectivity index (χ2v) is 1.54. The maximum Gasteiger partial charge on any atom is 0 e. The van der Waals surface area contributed by atoms with Gasteiger partial charge < -0.3 is 14.7 Å². The van der Waals surface area contributed by atoms with Crippen LogP contribution >= 0.6 is 7.82 Å². The molecule has 0 aliphatic carbocycles. The number of rotatable bonds is 0. The van der Waals surface area contributed by atoms with E-state index in [2.05, 4.69) is 0 Å². The van der Waals surface area contributed by atoms with Gasteiger partial charge in [0.1, 0.15) is 0 Å². The van der Waals surface area contributed by atoms with Crippen molar-refractivity contribution in [3.63, 3.8) is 0 Å². The molecule has 0 unspecified atom stereocenters. The van der Waals surface area contributed by atoms with E-state index in [4.69, 9.17) is 19.2 Å². The Hall–Kier alpha value is 1.94. The van der Waals surface area contributed by atoms with Crippen molar-refractivity contribution >= 4 is 26.7 Å². The van der Waals surface area contributed by atoms with Gasteiger partial charge >= 0.3 is 26.7 Å². The fourth-order valence-corrected chi connectivity index (χ4v) is 0. The molecule has 0 aromatic rings. The van der Waals surface area contributed by atoms with Crippen molar-refractivity contribution in [1.29, 1.82) is 0 Å². The molecule has 3 N–H and O–H groups in total. The first-order valence-corrected chi connectivity index (χ1v) is 2.35. The van der Waals surface area contributed by atoms with Crippen LogP contribution in [0.15, 0.2) is 0 Å². The molecular formula is H4FeLiO4PTi. The van der Waals surface area contributed by atoms with Gasteiger partial charge in [0.2, 0.25) is 0 Å². The Morgan fingerprint density at radius 3 is 1.12 bits per heavy atom. The zero-order chi connectivity index (χ0) is 4.50. The maximum atomic E-state index is 8.88. The Kier molecular flexibility index (Phi) is 25.2. The van der Waals surface area contributed by atoms with Crippen LogP contribution in [0, 0.1) is 0 Å². The second-order valence-electron chi connectivity index (χ2n) is 0.513. The molecule has 46 valence electrons. The quantitative estimate of drug-likeness (QED) is 0.332. The van der Waals surface area contributed by atoms with E-state index in [1.54, 1.807) is 0 Å². The minimum atomic E-state index is -4.64. The van der Waals surface area contributed by atoms with Crippen molar-refractivity contribution in [2.45, 2.75) is 0 Å². The van der Waals surface area contributed by atoms with Crippen LogP contribution in [0.2, 0.25) is 0 Å². The van der Waals surface area contributed by atoms with Crippen LogP contribution in [0.25, 0.3) is 0 Å². The fourth-order valence-electron chi connectivity index (χ4n) is 0. The zero-order valence-electron chi connectivity index (χ0n) is 3.05. The minimum absolute atomic E-state index is 0. The Labute approximate surface area is 84.2 Å². The molecule has 0 amide bonds. The van der Waals surface area contributed by atoms with Crippen LogP contribution < -0.4 is 0 Å². The molecule has 8 heavy (non-hydrogen) atoms. The first-order valence-electron chi connectivity index (χ1n) is 0.783. The molecule has 0 heterocycles. The van der Waals surface area contributed by atoms with Gasteiger partial charge in [-0.2, -0.15) is 0 Å². The van der Waals surface area contributed by atoms with E-state index in [1.807, 2.05) is 0 Å². The van der Waals surface area contributed by atoms with Crippen molar-refractivity contribution in [3.05, 3.63) is 0 Å². The van der Waals surface area contributed by atoms with E-state index >= 15 is 0 Å². The first-order chi connectivity index (χ1) is 2.00. The van der Waals surface area contributed by atoms with E-state index in [0.29, 0.717) is 0 Å². The van der Waals surface area contributed by atoms with E-state index in [1.165, 1.54) is 0 Å². The van der Waals surface area contributed by atoms with Crippen LogP contribution in [0.3, 0.4) is 0 Å².